The van der Waals surface area contributed by atoms with Crippen molar-refractivity contribution in [2.75, 3.05) is 0 Å². The number of esters is 1. The Labute approximate surface area is 215 Å². The minimum Gasteiger partial charge on any atom is -0.453 e. The zero-order valence-corrected chi connectivity index (χ0v) is 23.2. The largest absolute Gasteiger partial charge is 0.453 e. The topological polar surface area (TPSA) is 96.2 Å². The lowest BCUT2D eigenvalue weighted by molar-refractivity contribution is -0.214. The molecule has 3 N–H and O–H groups in total. The molecular weight excluding hydrogens is 456 g/mol. The van der Waals surface area contributed by atoms with Crippen molar-refractivity contribution in [3.8, 4) is 0 Å². The zero-order chi connectivity index (χ0) is 26.3. The maximum atomic E-state index is 14.1. The Morgan fingerprint density at radius 3 is 2.22 bits per heavy atom. The van der Waals surface area contributed by atoms with Gasteiger partial charge in [0.05, 0.1) is 17.8 Å². The smallest absolute Gasteiger partial charge is 0.319 e. The van der Waals surface area contributed by atoms with Gasteiger partial charge in [-0.3, -0.25) is 4.79 Å². The van der Waals surface area contributed by atoms with Gasteiger partial charge in [0.2, 0.25) is 0 Å². The summed E-state index contributed by atoms with van der Waals surface area (Å²) in [4.78, 5) is 14.1. The van der Waals surface area contributed by atoms with Crippen LogP contribution in [-0.2, 0) is 14.3 Å². The van der Waals surface area contributed by atoms with Crippen LogP contribution in [0.1, 0.15) is 99.8 Å². The number of fused-ring (bicyclic) bond motifs is 4. The van der Waals surface area contributed by atoms with E-state index >= 15 is 0 Å². The summed E-state index contributed by atoms with van der Waals surface area (Å²) in [5, 5.41) is 35.5. The fourth-order valence-corrected chi connectivity index (χ4v) is 10.8. The van der Waals surface area contributed by atoms with Crippen molar-refractivity contribution >= 4 is 5.97 Å². The van der Waals surface area contributed by atoms with Gasteiger partial charge in [-0.25, -0.2) is 0 Å². The number of allylic oxidation sites excluding steroid dienone is 1. The summed E-state index contributed by atoms with van der Waals surface area (Å²) in [5.74, 6) is -0.0790. The summed E-state index contributed by atoms with van der Waals surface area (Å²) in [7, 11) is 0. The molecule has 2 heterocycles. The maximum Gasteiger partial charge on any atom is 0.319 e. The number of aliphatic hydroxyl groups is 3. The molecule has 0 unspecified atom stereocenters. The maximum absolute atomic E-state index is 14.1. The van der Waals surface area contributed by atoms with Gasteiger partial charge in [0, 0.05) is 0 Å². The zero-order valence-electron chi connectivity index (χ0n) is 23.2. The standard InChI is InChI=1S/C30H46O6/c1-24(2)12-11-22(35-24)28(7)29(34)15-14-27(6)17-8-9-19-25(3,4)20(31)10-13-26(19,5)18(17)16-21(32)30(27,29)23(33)36-28/h16-17,19-22,31-32,34H,8-15H2,1-7H3/t17-,19-,20-,21+,22+,26+,27-,28-,29-,30-/m0/s1. The van der Waals surface area contributed by atoms with E-state index < -0.39 is 40.2 Å². The summed E-state index contributed by atoms with van der Waals surface area (Å²) < 4.78 is 12.6. The number of carbonyl (C=O) groups excluding carboxylic acids is 1. The van der Waals surface area contributed by atoms with Crippen molar-refractivity contribution in [1.82, 2.24) is 0 Å². The van der Waals surface area contributed by atoms with E-state index in [1.54, 1.807) is 0 Å². The molecule has 6 aliphatic rings. The molecule has 6 rings (SSSR count). The van der Waals surface area contributed by atoms with E-state index in [-0.39, 0.29) is 28.5 Å². The Bertz CT molecular complexity index is 1030. The first-order valence-corrected chi connectivity index (χ1v) is 14.2. The average Bonchev–Trinajstić information content (AvgIpc) is 3.34. The van der Waals surface area contributed by atoms with Gasteiger partial charge in [-0.15, -0.1) is 0 Å². The molecule has 202 valence electrons. The molecule has 6 nitrogen and oxygen atoms in total. The number of cyclic esters (lactones) is 1. The molecule has 5 fully saturated rings. The van der Waals surface area contributed by atoms with Crippen molar-refractivity contribution in [2.24, 2.45) is 33.5 Å². The third kappa shape index (κ3) is 2.52. The third-order valence-corrected chi connectivity index (χ3v) is 12.9. The molecule has 0 radical (unpaired) electrons. The fraction of sp³-hybridized carbons (Fsp3) is 0.900. The lowest BCUT2D eigenvalue weighted by Gasteiger charge is -2.64. The monoisotopic (exact) mass is 502 g/mol. The number of hydrogen-bond acceptors (Lipinski definition) is 6. The van der Waals surface area contributed by atoms with Gasteiger partial charge < -0.3 is 24.8 Å². The fourth-order valence-electron chi connectivity index (χ4n) is 10.8. The predicted octanol–water partition coefficient (Wildman–Crippen LogP) is 4.29. The molecule has 0 aromatic heterocycles. The van der Waals surface area contributed by atoms with Crippen LogP contribution in [0.3, 0.4) is 0 Å². The molecule has 4 aliphatic carbocycles. The van der Waals surface area contributed by atoms with Crippen LogP contribution in [0.15, 0.2) is 11.6 Å². The molecule has 0 amide bonds. The van der Waals surface area contributed by atoms with Crippen molar-refractivity contribution in [3.63, 3.8) is 0 Å². The molecule has 36 heavy (non-hydrogen) atoms. The van der Waals surface area contributed by atoms with Gasteiger partial charge in [-0.05, 0) is 100 Å². The van der Waals surface area contributed by atoms with Gasteiger partial charge in [0.1, 0.15) is 17.1 Å². The van der Waals surface area contributed by atoms with E-state index in [0.717, 1.165) is 32.1 Å². The molecule has 2 saturated heterocycles. The molecule has 2 aliphatic heterocycles. The second-order valence-corrected chi connectivity index (χ2v) is 15.0. The molecule has 0 aromatic carbocycles. The highest BCUT2D eigenvalue weighted by Gasteiger charge is 2.87. The first-order valence-electron chi connectivity index (χ1n) is 14.2. The first-order chi connectivity index (χ1) is 16.5. The molecule has 3 saturated carbocycles. The van der Waals surface area contributed by atoms with Crippen LogP contribution in [-0.4, -0.2) is 56.4 Å². The Morgan fingerprint density at radius 1 is 0.889 bits per heavy atom. The second-order valence-electron chi connectivity index (χ2n) is 15.0. The van der Waals surface area contributed by atoms with E-state index in [9.17, 15) is 20.1 Å². The van der Waals surface area contributed by atoms with Crippen LogP contribution in [0.25, 0.3) is 0 Å². The van der Waals surface area contributed by atoms with Crippen LogP contribution in [0, 0.1) is 33.5 Å². The van der Waals surface area contributed by atoms with Crippen LogP contribution in [0.5, 0.6) is 0 Å². The first kappa shape index (κ1) is 25.3. The Kier molecular flexibility index (Phi) is 4.90. The van der Waals surface area contributed by atoms with E-state index in [4.69, 9.17) is 9.47 Å². The number of ether oxygens (including phenoxy) is 2. The molecular formula is C30H46O6. The summed E-state index contributed by atoms with van der Waals surface area (Å²) >= 11 is 0. The number of carbonyl (C=O) groups is 1. The normalized spacial score (nSPS) is 56.8. The van der Waals surface area contributed by atoms with Crippen molar-refractivity contribution in [1.29, 1.82) is 0 Å². The summed E-state index contributed by atoms with van der Waals surface area (Å²) in [5.41, 5.74) is -4.22. The van der Waals surface area contributed by atoms with E-state index in [2.05, 4.69) is 27.7 Å². The molecule has 10 atom stereocenters. The third-order valence-electron chi connectivity index (χ3n) is 12.9. The SMILES string of the molecule is CC1(C)CC[C@H]([C@]2(C)OC(=O)[C@@]34[C@H](O)C=C5[C@H](CC[C@H]6C(C)(C)[C@@H](O)CC[C@]56C)[C@]3(C)CC[C@@]42O)O1. The van der Waals surface area contributed by atoms with Crippen LogP contribution in [0.4, 0.5) is 0 Å². The highest BCUT2D eigenvalue weighted by Crippen LogP contribution is 2.77. The average molecular weight is 503 g/mol. The quantitative estimate of drug-likeness (QED) is 0.366. The van der Waals surface area contributed by atoms with Gasteiger partial charge in [-0.2, -0.15) is 0 Å². The molecule has 1 spiro atoms. The summed E-state index contributed by atoms with van der Waals surface area (Å²) in [6, 6.07) is 0. The Balaban J connectivity index is 1.48. The lowest BCUT2D eigenvalue weighted by Crippen LogP contribution is -2.69. The highest BCUT2D eigenvalue weighted by atomic mass is 16.6. The van der Waals surface area contributed by atoms with Crippen molar-refractivity contribution in [2.45, 2.75) is 135 Å². The predicted molar refractivity (Wildman–Crippen MR) is 135 cm³/mol. The van der Waals surface area contributed by atoms with Crippen LogP contribution < -0.4 is 0 Å². The van der Waals surface area contributed by atoms with E-state index in [1.165, 1.54) is 5.57 Å². The summed E-state index contributed by atoms with van der Waals surface area (Å²) in [6.45, 7) is 14.7. The summed E-state index contributed by atoms with van der Waals surface area (Å²) in [6.07, 6.45) is 6.15. The number of aliphatic hydroxyl groups excluding tert-OH is 2. The minimum atomic E-state index is -1.52. The lowest BCUT2D eigenvalue weighted by atomic mass is 9.40. The van der Waals surface area contributed by atoms with E-state index in [1.807, 2.05) is 26.8 Å². The van der Waals surface area contributed by atoms with Crippen molar-refractivity contribution in [3.05, 3.63) is 11.6 Å². The number of hydrogen-bond donors (Lipinski definition) is 3. The molecule has 0 bridgehead atoms. The number of rotatable bonds is 1. The molecule has 0 aromatic rings. The Morgan fingerprint density at radius 2 is 1.58 bits per heavy atom. The van der Waals surface area contributed by atoms with Gasteiger partial charge >= 0.3 is 5.97 Å². The van der Waals surface area contributed by atoms with Crippen molar-refractivity contribution < 1.29 is 29.6 Å². The van der Waals surface area contributed by atoms with Gasteiger partial charge in [0.15, 0.2) is 5.60 Å². The minimum absolute atomic E-state index is 0.0815. The Hall–Kier alpha value is -0.950. The van der Waals surface area contributed by atoms with Crippen LogP contribution in [0.2, 0.25) is 0 Å². The highest BCUT2D eigenvalue weighted by molar-refractivity contribution is 5.86. The van der Waals surface area contributed by atoms with E-state index in [0.29, 0.717) is 25.2 Å². The van der Waals surface area contributed by atoms with Gasteiger partial charge in [0.25, 0.3) is 0 Å². The van der Waals surface area contributed by atoms with Crippen LogP contribution >= 0.6 is 0 Å². The second kappa shape index (κ2) is 6.97. The molecule has 6 heteroatoms. The van der Waals surface area contributed by atoms with Gasteiger partial charge in [-0.1, -0.05) is 39.3 Å².